The fourth-order valence-electron chi connectivity index (χ4n) is 5.24. The van der Waals surface area contributed by atoms with Gasteiger partial charge in [-0.25, -0.2) is 4.79 Å². The van der Waals surface area contributed by atoms with Gasteiger partial charge in [0.05, 0.1) is 12.7 Å². The van der Waals surface area contributed by atoms with E-state index in [1.807, 2.05) is 26.0 Å². The van der Waals surface area contributed by atoms with Crippen LogP contribution in [0.5, 0.6) is 5.75 Å². The van der Waals surface area contributed by atoms with Crippen molar-refractivity contribution in [1.29, 1.82) is 0 Å². The van der Waals surface area contributed by atoms with E-state index in [2.05, 4.69) is 5.32 Å². The van der Waals surface area contributed by atoms with E-state index in [9.17, 15) is 14.7 Å². The molecule has 2 aromatic rings. The molecule has 1 atom stereocenters. The average molecular weight is 472 g/mol. The van der Waals surface area contributed by atoms with Crippen LogP contribution < -0.4 is 10.1 Å². The van der Waals surface area contributed by atoms with Crippen molar-refractivity contribution in [2.45, 2.75) is 63.6 Å². The number of rotatable bonds is 7. The Balaban J connectivity index is 1.64. The number of esters is 1. The average Bonchev–Trinajstić information content (AvgIpc) is 3.44. The number of anilines is 1. The summed E-state index contributed by atoms with van der Waals surface area (Å²) < 4.78 is 10.6. The van der Waals surface area contributed by atoms with E-state index in [1.165, 1.54) is 0 Å². The van der Waals surface area contributed by atoms with Crippen molar-refractivity contribution in [3.63, 3.8) is 0 Å². The van der Waals surface area contributed by atoms with Gasteiger partial charge in [-0.2, -0.15) is 0 Å². The number of amides is 1. The number of carbonyl (C=O) groups is 2. The normalized spacial score (nSPS) is 17.9. The molecule has 7 heteroatoms. The highest BCUT2D eigenvalue weighted by Crippen LogP contribution is 2.45. The molecule has 0 saturated heterocycles. The maximum atomic E-state index is 13.6. The topological polar surface area (TPSA) is 84.9 Å². The lowest BCUT2D eigenvalue weighted by Gasteiger charge is -2.40. The highest BCUT2D eigenvalue weighted by Gasteiger charge is 2.49. The Morgan fingerprint density at radius 1 is 1.21 bits per heavy atom. The molecule has 1 amide bonds. The van der Waals surface area contributed by atoms with Gasteiger partial charge >= 0.3 is 5.97 Å². The van der Waals surface area contributed by atoms with Gasteiger partial charge in [0.25, 0.3) is 5.91 Å². The molecular formula is C26H30ClNO5. The van der Waals surface area contributed by atoms with E-state index < -0.39 is 16.9 Å². The smallest absolute Gasteiger partial charge is 0.338 e. The number of methoxy groups -OCH3 is 1. The molecule has 1 aliphatic carbocycles. The summed E-state index contributed by atoms with van der Waals surface area (Å²) in [5.74, 6) is -0.278. The minimum absolute atomic E-state index is 0.152. The van der Waals surface area contributed by atoms with Gasteiger partial charge in [0.2, 0.25) is 0 Å². The summed E-state index contributed by atoms with van der Waals surface area (Å²) in [6, 6.07) is 10.5. The predicted molar refractivity (Wildman–Crippen MR) is 127 cm³/mol. The largest absolute Gasteiger partial charge is 0.496 e. The van der Waals surface area contributed by atoms with Gasteiger partial charge < -0.3 is 19.9 Å². The van der Waals surface area contributed by atoms with Gasteiger partial charge in [0, 0.05) is 21.8 Å². The van der Waals surface area contributed by atoms with E-state index in [4.69, 9.17) is 21.1 Å². The van der Waals surface area contributed by atoms with Gasteiger partial charge in [-0.05, 0) is 67.0 Å². The molecule has 0 spiro atoms. The summed E-state index contributed by atoms with van der Waals surface area (Å²) in [4.78, 5) is 25.3. The Hall–Kier alpha value is -2.57. The number of carbonyl (C=O) groups excluding carboxylic acids is 2. The summed E-state index contributed by atoms with van der Waals surface area (Å²) in [7, 11) is 1.60. The summed E-state index contributed by atoms with van der Waals surface area (Å²) in [6.07, 6.45) is 3.76. The third kappa shape index (κ3) is 4.59. The van der Waals surface area contributed by atoms with Crippen molar-refractivity contribution >= 4 is 29.2 Å². The van der Waals surface area contributed by atoms with E-state index in [-0.39, 0.29) is 24.9 Å². The molecule has 1 unspecified atom stereocenters. The van der Waals surface area contributed by atoms with E-state index in [0.717, 1.165) is 36.8 Å². The van der Waals surface area contributed by atoms with Crippen molar-refractivity contribution in [3.05, 3.63) is 58.1 Å². The summed E-state index contributed by atoms with van der Waals surface area (Å²) in [5.41, 5.74) is 0.433. The Bertz CT molecular complexity index is 1080. The van der Waals surface area contributed by atoms with Gasteiger partial charge in [-0.1, -0.05) is 38.3 Å². The molecule has 2 N–H and O–H groups in total. The zero-order valence-corrected chi connectivity index (χ0v) is 20.0. The number of benzene rings is 2. The first-order valence-electron chi connectivity index (χ1n) is 11.3. The van der Waals surface area contributed by atoms with Crippen LogP contribution in [0, 0.1) is 5.92 Å². The van der Waals surface area contributed by atoms with Crippen molar-refractivity contribution in [3.8, 4) is 5.75 Å². The van der Waals surface area contributed by atoms with Crippen LogP contribution >= 0.6 is 11.6 Å². The fraction of sp³-hybridized carbons (Fsp3) is 0.462. The number of cyclic esters (lactones) is 1. The minimum atomic E-state index is -1.58. The lowest BCUT2D eigenvalue weighted by atomic mass is 9.69. The van der Waals surface area contributed by atoms with Crippen molar-refractivity contribution in [1.82, 2.24) is 0 Å². The quantitative estimate of drug-likeness (QED) is 0.539. The Morgan fingerprint density at radius 2 is 1.94 bits per heavy atom. The second-order valence-electron chi connectivity index (χ2n) is 9.71. The number of hydrogen-bond acceptors (Lipinski definition) is 5. The highest BCUT2D eigenvalue weighted by molar-refractivity contribution is 6.30. The zero-order chi connectivity index (χ0) is 23.8. The third-order valence-electron chi connectivity index (χ3n) is 6.97. The number of aliphatic hydroxyl groups is 1. The molecule has 2 aliphatic rings. The van der Waals surface area contributed by atoms with Crippen molar-refractivity contribution < 1.29 is 24.2 Å². The predicted octanol–water partition coefficient (Wildman–Crippen LogP) is 5.25. The van der Waals surface area contributed by atoms with Crippen LogP contribution in [0.2, 0.25) is 5.02 Å². The standard InChI is InChI=1S/C26H30ClNO5/c1-25(2,21-13-18(27)8-11-22(21)32-3)15-26(31,17-6-4-5-7-17)24(30)28-19-9-10-20-16(12-19)14-33-23(20)29/h8-13,17,31H,4-7,14-15H2,1-3H3,(H,28,30). The van der Waals surface area contributed by atoms with Crippen LogP contribution in [0.1, 0.15) is 67.4 Å². The summed E-state index contributed by atoms with van der Waals surface area (Å²) in [5, 5.41) is 15.4. The lowest BCUT2D eigenvalue weighted by Crippen LogP contribution is -2.52. The van der Waals surface area contributed by atoms with Gasteiger partial charge in [-0.3, -0.25) is 4.79 Å². The first-order chi connectivity index (χ1) is 15.6. The lowest BCUT2D eigenvalue weighted by molar-refractivity contribution is -0.143. The zero-order valence-electron chi connectivity index (χ0n) is 19.2. The number of fused-ring (bicyclic) bond motifs is 1. The van der Waals surface area contributed by atoms with Crippen LogP contribution in [0.4, 0.5) is 5.69 Å². The van der Waals surface area contributed by atoms with E-state index in [1.54, 1.807) is 31.4 Å². The van der Waals surface area contributed by atoms with Crippen LogP contribution in [0.3, 0.4) is 0 Å². The molecule has 0 aromatic heterocycles. The van der Waals surface area contributed by atoms with Crippen LogP contribution in [0.15, 0.2) is 36.4 Å². The van der Waals surface area contributed by atoms with E-state index in [0.29, 0.717) is 22.0 Å². The number of hydrogen-bond donors (Lipinski definition) is 2. The van der Waals surface area contributed by atoms with Crippen LogP contribution in [0.25, 0.3) is 0 Å². The number of ether oxygens (including phenoxy) is 2. The maximum absolute atomic E-state index is 13.6. The molecule has 0 bridgehead atoms. The third-order valence-corrected chi connectivity index (χ3v) is 7.20. The molecule has 1 heterocycles. The Labute approximate surface area is 199 Å². The molecule has 33 heavy (non-hydrogen) atoms. The molecule has 4 rings (SSSR count). The Morgan fingerprint density at radius 3 is 2.64 bits per heavy atom. The van der Waals surface area contributed by atoms with Crippen molar-refractivity contribution in [2.75, 3.05) is 12.4 Å². The molecule has 176 valence electrons. The van der Waals surface area contributed by atoms with Gasteiger partial charge in [0.15, 0.2) is 0 Å². The summed E-state index contributed by atoms with van der Waals surface area (Å²) in [6.45, 7) is 4.17. The summed E-state index contributed by atoms with van der Waals surface area (Å²) >= 11 is 6.27. The fourth-order valence-corrected chi connectivity index (χ4v) is 5.41. The number of halogens is 1. The highest BCUT2D eigenvalue weighted by atomic mass is 35.5. The molecule has 6 nitrogen and oxygen atoms in total. The first-order valence-corrected chi connectivity index (χ1v) is 11.7. The second-order valence-corrected chi connectivity index (χ2v) is 10.1. The molecule has 0 radical (unpaired) electrons. The molecule has 1 saturated carbocycles. The Kier molecular flexibility index (Phi) is 6.43. The number of nitrogens with one attached hydrogen (secondary N) is 1. The monoisotopic (exact) mass is 471 g/mol. The van der Waals surface area contributed by atoms with Crippen molar-refractivity contribution in [2.24, 2.45) is 5.92 Å². The van der Waals surface area contributed by atoms with E-state index >= 15 is 0 Å². The van der Waals surface area contributed by atoms with Gasteiger partial charge in [-0.15, -0.1) is 0 Å². The SMILES string of the molecule is COc1ccc(Cl)cc1C(C)(C)CC(O)(C(=O)Nc1ccc2c(c1)COC2=O)C1CCCC1. The molecular weight excluding hydrogens is 442 g/mol. The second kappa shape index (κ2) is 8.99. The maximum Gasteiger partial charge on any atom is 0.338 e. The van der Waals surface area contributed by atoms with Crippen LogP contribution in [-0.4, -0.2) is 29.7 Å². The first kappa shape index (κ1) is 23.6. The molecule has 1 fully saturated rings. The minimum Gasteiger partial charge on any atom is -0.496 e. The molecule has 2 aromatic carbocycles. The molecule has 1 aliphatic heterocycles. The van der Waals surface area contributed by atoms with Gasteiger partial charge in [0.1, 0.15) is 18.0 Å². The van der Waals surface area contributed by atoms with Crippen LogP contribution in [-0.2, 0) is 21.6 Å².